The van der Waals surface area contributed by atoms with E-state index in [0.717, 1.165) is 16.5 Å². The number of carbonyl (C=O) groups excluding carboxylic acids is 2. The van der Waals surface area contributed by atoms with Crippen LogP contribution in [0.4, 0.5) is 18.0 Å². The molecule has 12 heteroatoms. The van der Waals surface area contributed by atoms with Crippen LogP contribution in [0.1, 0.15) is 23.1 Å². The van der Waals surface area contributed by atoms with Crippen molar-refractivity contribution < 1.29 is 27.9 Å². The van der Waals surface area contributed by atoms with E-state index < -0.39 is 29.0 Å². The van der Waals surface area contributed by atoms with Gasteiger partial charge < -0.3 is 10.4 Å². The largest absolute Gasteiger partial charge is 0.416 e. The van der Waals surface area contributed by atoms with Gasteiger partial charge in [-0.1, -0.05) is 23.7 Å². The fourth-order valence-corrected chi connectivity index (χ4v) is 5.62. The lowest BCUT2D eigenvalue weighted by atomic mass is 9.93. The Hall–Kier alpha value is -2.86. The summed E-state index contributed by atoms with van der Waals surface area (Å²) in [5.41, 5.74) is 0.560. The minimum Gasteiger partial charge on any atom is -0.392 e. The van der Waals surface area contributed by atoms with Crippen molar-refractivity contribution in [3.63, 3.8) is 0 Å². The first-order valence-electron chi connectivity index (χ1n) is 11.1. The van der Waals surface area contributed by atoms with Gasteiger partial charge in [-0.05, 0) is 65.6 Å². The molecule has 5 rings (SSSR count). The van der Waals surface area contributed by atoms with Gasteiger partial charge in [0.15, 0.2) is 0 Å². The van der Waals surface area contributed by atoms with E-state index in [2.05, 4.69) is 15.5 Å². The van der Waals surface area contributed by atoms with Gasteiger partial charge in [-0.15, -0.1) is 0 Å². The molecule has 3 heterocycles. The number of rotatable bonds is 5. The van der Waals surface area contributed by atoms with Gasteiger partial charge in [0, 0.05) is 29.5 Å². The van der Waals surface area contributed by atoms with E-state index in [1.807, 2.05) is 0 Å². The monoisotopic (exact) mass is 536 g/mol. The fraction of sp³-hybridized carbons (Fsp3) is 0.292. The number of aromatic nitrogens is 2. The molecule has 0 unspecified atom stereocenters. The average Bonchev–Trinajstić information content (AvgIpc) is 3.53. The molecule has 0 spiro atoms. The molecule has 0 aliphatic carbocycles. The Morgan fingerprint density at radius 1 is 1.22 bits per heavy atom. The molecule has 36 heavy (non-hydrogen) atoms. The molecule has 2 atom stereocenters. The van der Waals surface area contributed by atoms with E-state index >= 15 is 0 Å². The molecule has 3 N–H and O–H groups in total. The number of allylic oxidation sites excluding steroid dienone is 1. The summed E-state index contributed by atoms with van der Waals surface area (Å²) in [6, 6.07) is 8.38. The summed E-state index contributed by atoms with van der Waals surface area (Å²) in [5, 5.41) is 19.8. The van der Waals surface area contributed by atoms with Gasteiger partial charge in [0.2, 0.25) is 0 Å². The third kappa shape index (κ3) is 4.88. The molecule has 1 aromatic heterocycles. The topological polar surface area (TPSA) is 98.3 Å². The average molecular weight is 537 g/mol. The molecule has 0 bridgehead atoms. The molecule has 2 aliphatic rings. The van der Waals surface area contributed by atoms with Crippen LogP contribution in [0.2, 0.25) is 5.02 Å². The second kappa shape index (κ2) is 9.55. The minimum atomic E-state index is -4.66. The van der Waals surface area contributed by atoms with Crippen LogP contribution in [-0.2, 0) is 17.4 Å². The summed E-state index contributed by atoms with van der Waals surface area (Å²) >= 11 is 6.56. The highest BCUT2D eigenvalue weighted by Gasteiger charge is 2.40. The number of imide groups is 1. The molecule has 2 aromatic carbocycles. The van der Waals surface area contributed by atoms with Crippen molar-refractivity contribution in [2.24, 2.45) is 0 Å². The first kappa shape index (κ1) is 24.8. The summed E-state index contributed by atoms with van der Waals surface area (Å²) < 4.78 is 41.5. The van der Waals surface area contributed by atoms with Crippen LogP contribution in [0, 0.1) is 0 Å². The summed E-state index contributed by atoms with van der Waals surface area (Å²) in [7, 11) is 0. The van der Waals surface area contributed by atoms with E-state index in [0.29, 0.717) is 41.3 Å². The van der Waals surface area contributed by atoms with Crippen LogP contribution in [-0.4, -0.2) is 56.6 Å². The molecule has 2 saturated heterocycles. The van der Waals surface area contributed by atoms with Gasteiger partial charge in [0.05, 0.1) is 28.3 Å². The standard InChI is InChI=1S/C24H20ClF3N4O3S/c25-15-3-1-13(19(7-15)24(26,27)28)6-18(12-2-4-20-14(5-12)9-30-31-20)21-22(34)32(23(35)36-21)11-16-8-17(33)10-29-16/h1-5,7,9,16-17,29,33H,6,8,10-11H2,(H,30,31)/b21-18-/t16-,17+/m0/s1. The lowest BCUT2D eigenvalue weighted by Crippen LogP contribution is -2.39. The Morgan fingerprint density at radius 2 is 2.03 bits per heavy atom. The first-order chi connectivity index (χ1) is 17.1. The highest BCUT2D eigenvalue weighted by molar-refractivity contribution is 8.18. The number of nitrogens with zero attached hydrogens (tertiary/aromatic N) is 2. The molecule has 0 radical (unpaired) electrons. The molecule has 2 aliphatic heterocycles. The summed E-state index contributed by atoms with van der Waals surface area (Å²) in [6.07, 6.45) is -3.50. The number of hydrogen-bond acceptors (Lipinski definition) is 6. The third-order valence-corrected chi connectivity index (χ3v) is 7.51. The highest BCUT2D eigenvalue weighted by Crippen LogP contribution is 2.41. The van der Waals surface area contributed by atoms with Crippen molar-refractivity contribution >= 4 is 51.0 Å². The number of hydrogen-bond donors (Lipinski definition) is 3. The molecule has 0 saturated carbocycles. The maximum Gasteiger partial charge on any atom is 0.416 e. The molecule has 2 fully saturated rings. The predicted molar refractivity (Wildman–Crippen MR) is 130 cm³/mol. The van der Waals surface area contributed by atoms with Crippen molar-refractivity contribution in [3.8, 4) is 0 Å². The normalized spacial score (nSPS) is 22.2. The molecule has 188 valence electrons. The number of thioether (sulfide) groups is 1. The molecule has 3 aromatic rings. The van der Waals surface area contributed by atoms with E-state index in [9.17, 15) is 27.9 Å². The van der Waals surface area contributed by atoms with Crippen LogP contribution in [0.15, 0.2) is 47.5 Å². The summed E-state index contributed by atoms with van der Waals surface area (Å²) in [5.74, 6) is -0.571. The van der Waals surface area contributed by atoms with Gasteiger partial charge in [-0.2, -0.15) is 18.3 Å². The van der Waals surface area contributed by atoms with E-state index in [-0.39, 0.29) is 34.5 Å². The van der Waals surface area contributed by atoms with Crippen LogP contribution in [0.3, 0.4) is 0 Å². The predicted octanol–water partition coefficient (Wildman–Crippen LogP) is 4.61. The van der Waals surface area contributed by atoms with Crippen molar-refractivity contribution in [3.05, 3.63) is 69.2 Å². The number of halogens is 4. The van der Waals surface area contributed by atoms with Crippen molar-refractivity contribution in [1.82, 2.24) is 20.4 Å². The zero-order valence-corrected chi connectivity index (χ0v) is 20.2. The highest BCUT2D eigenvalue weighted by atomic mass is 35.5. The Bertz CT molecular complexity index is 1390. The lowest BCUT2D eigenvalue weighted by molar-refractivity contribution is -0.138. The van der Waals surface area contributed by atoms with E-state index in [1.165, 1.54) is 12.1 Å². The Morgan fingerprint density at radius 3 is 2.75 bits per heavy atom. The molecular formula is C24H20ClF3N4O3S. The summed E-state index contributed by atoms with van der Waals surface area (Å²) in [6.45, 7) is 0.428. The number of aromatic amines is 1. The Labute approximate surface area is 212 Å². The Kier molecular flexibility index (Phi) is 6.58. The minimum absolute atomic E-state index is 0.0565. The van der Waals surface area contributed by atoms with Crippen LogP contribution < -0.4 is 5.32 Å². The number of alkyl halides is 3. The summed E-state index contributed by atoms with van der Waals surface area (Å²) in [4.78, 5) is 27.4. The Balaban J connectivity index is 1.59. The third-order valence-electron chi connectivity index (χ3n) is 6.26. The van der Waals surface area contributed by atoms with Gasteiger partial charge in [0.1, 0.15) is 0 Å². The van der Waals surface area contributed by atoms with Crippen molar-refractivity contribution in [2.75, 3.05) is 13.1 Å². The number of amides is 2. The second-order valence-corrected chi connectivity index (χ2v) is 10.1. The smallest absolute Gasteiger partial charge is 0.392 e. The molecular weight excluding hydrogens is 517 g/mol. The maximum absolute atomic E-state index is 13.8. The number of nitrogens with one attached hydrogen (secondary N) is 2. The van der Waals surface area contributed by atoms with E-state index in [4.69, 9.17) is 11.6 Å². The van der Waals surface area contributed by atoms with Gasteiger partial charge in [-0.25, -0.2) is 0 Å². The molecule has 2 amide bonds. The number of aliphatic hydroxyl groups is 1. The van der Waals surface area contributed by atoms with Gasteiger partial charge in [-0.3, -0.25) is 19.6 Å². The number of benzene rings is 2. The molecule has 7 nitrogen and oxygen atoms in total. The quantitative estimate of drug-likeness (QED) is 0.412. The van der Waals surface area contributed by atoms with Crippen molar-refractivity contribution in [1.29, 1.82) is 0 Å². The van der Waals surface area contributed by atoms with Crippen LogP contribution in [0.5, 0.6) is 0 Å². The second-order valence-electron chi connectivity index (χ2n) is 8.73. The maximum atomic E-state index is 13.8. The number of fused-ring (bicyclic) bond motifs is 1. The number of H-pyrrole nitrogens is 1. The zero-order chi connectivity index (χ0) is 25.6. The van der Waals surface area contributed by atoms with Gasteiger partial charge in [0.25, 0.3) is 11.1 Å². The van der Waals surface area contributed by atoms with Crippen LogP contribution >= 0.6 is 23.4 Å². The first-order valence-corrected chi connectivity index (χ1v) is 12.3. The SMILES string of the molecule is O=C1S/C(=C(/Cc2ccc(Cl)cc2C(F)(F)F)c2ccc3[nH]ncc3c2)C(=O)N1C[C@@H]1C[C@@H](O)CN1. The number of aliphatic hydroxyl groups excluding tert-OH is 1. The van der Waals surface area contributed by atoms with E-state index in [1.54, 1.807) is 24.4 Å². The number of carbonyl (C=O) groups is 2. The number of β-amino-alcohol motifs (C(OH)–C–C–N with tert-alkyl or cyclic N) is 1. The zero-order valence-electron chi connectivity index (χ0n) is 18.6. The van der Waals surface area contributed by atoms with Crippen LogP contribution in [0.25, 0.3) is 16.5 Å². The van der Waals surface area contributed by atoms with Gasteiger partial charge >= 0.3 is 6.18 Å². The fourth-order valence-electron chi connectivity index (χ4n) is 4.50. The van der Waals surface area contributed by atoms with Crippen molar-refractivity contribution in [2.45, 2.75) is 31.2 Å². The lowest BCUT2D eigenvalue weighted by Gasteiger charge is -2.19.